The molecule has 0 spiro atoms. The summed E-state index contributed by atoms with van der Waals surface area (Å²) < 4.78 is 0. The molecule has 0 saturated heterocycles. The van der Waals surface area contributed by atoms with Gasteiger partial charge in [-0.2, -0.15) is 11.3 Å². The molecule has 0 bridgehead atoms. The molecule has 3 rings (SSSR count). The molecule has 1 aromatic carbocycles. The van der Waals surface area contributed by atoms with Crippen molar-refractivity contribution in [1.82, 2.24) is 9.88 Å². The molecule has 0 saturated carbocycles. The van der Waals surface area contributed by atoms with Crippen molar-refractivity contribution in [3.05, 3.63) is 87.4 Å². The Labute approximate surface area is 146 Å². The molecule has 0 aliphatic carbocycles. The highest BCUT2D eigenvalue weighted by molar-refractivity contribution is 7.07. The summed E-state index contributed by atoms with van der Waals surface area (Å²) in [6, 6.07) is 13.9. The predicted octanol–water partition coefficient (Wildman–Crippen LogP) is 4.60. The molecule has 0 aliphatic heterocycles. The van der Waals surface area contributed by atoms with Crippen molar-refractivity contribution in [1.29, 1.82) is 0 Å². The van der Waals surface area contributed by atoms with Gasteiger partial charge in [0.1, 0.15) is 0 Å². The molecule has 4 heteroatoms. The monoisotopic (exact) mass is 336 g/mol. The third-order valence-corrected chi connectivity index (χ3v) is 4.68. The minimum Gasteiger partial charge on any atom is -0.328 e. The normalized spacial score (nSPS) is 10.6. The van der Waals surface area contributed by atoms with Crippen LogP contribution in [0.3, 0.4) is 0 Å². The smallest absolute Gasteiger partial charge is 0.254 e. The van der Waals surface area contributed by atoms with Gasteiger partial charge in [-0.3, -0.25) is 9.78 Å². The lowest BCUT2D eigenvalue weighted by molar-refractivity contribution is 0.0727. The Kier molecular flexibility index (Phi) is 5.06. The number of hydrogen-bond donors (Lipinski definition) is 0. The summed E-state index contributed by atoms with van der Waals surface area (Å²) in [6.45, 7) is 5.09. The predicted molar refractivity (Wildman–Crippen MR) is 98.0 cm³/mol. The summed E-state index contributed by atoms with van der Waals surface area (Å²) in [7, 11) is 0. The number of aryl methyl sites for hydroxylation is 2. The van der Waals surface area contributed by atoms with E-state index in [-0.39, 0.29) is 5.91 Å². The van der Waals surface area contributed by atoms with Crippen molar-refractivity contribution in [2.45, 2.75) is 26.9 Å². The fourth-order valence-corrected chi connectivity index (χ4v) is 3.29. The molecular formula is C20H20N2OS. The number of amides is 1. The van der Waals surface area contributed by atoms with E-state index in [1.54, 1.807) is 17.5 Å². The molecule has 3 aromatic rings. The molecular weight excluding hydrogens is 316 g/mol. The van der Waals surface area contributed by atoms with E-state index in [1.807, 2.05) is 60.5 Å². The highest BCUT2D eigenvalue weighted by Gasteiger charge is 2.19. The Hall–Kier alpha value is -2.46. The van der Waals surface area contributed by atoms with Crippen LogP contribution in [0.2, 0.25) is 0 Å². The van der Waals surface area contributed by atoms with Gasteiger partial charge >= 0.3 is 0 Å². The van der Waals surface area contributed by atoms with Crippen LogP contribution in [0.4, 0.5) is 0 Å². The van der Waals surface area contributed by atoms with Gasteiger partial charge in [-0.05, 0) is 60.0 Å². The molecule has 0 fully saturated rings. The number of thiophene rings is 1. The Morgan fingerprint density at radius 3 is 2.71 bits per heavy atom. The molecule has 2 heterocycles. The number of pyridine rings is 1. The van der Waals surface area contributed by atoms with Crippen LogP contribution in [-0.2, 0) is 13.1 Å². The third kappa shape index (κ3) is 3.89. The highest BCUT2D eigenvalue weighted by Crippen LogP contribution is 2.18. The summed E-state index contributed by atoms with van der Waals surface area (Å²) in [5.74, 6) is 0.0491. The standard InChI is InChI=1S/C20H20N2OS/c1-15-6-7-16(2)19(11-15)20(23)22(12-17-8-10-24-14-17)13-18-5-3-4-9-21-18/h3-11,14H,12-13H2,1-2H3. The summed E-state index contributed by atoms with van der Waals surface area (Å²) in [4.78, 5) is 19.4. The van der Waals surface area contributed by atoms with Gasteiger partial charge in [0, 0.05) is 18.3 Å². The van der Waals surface area contributed by atoms with E-state index < -0.39 is 0 Å². The number of rotatable bonds is 5. The number of hydrogen-bond acceptors (Lipinski definition) is 3. The van der Waals surface area contributed by atoms with Crippen molar-refractivity contribution in [2.75, 3.05) is 0 Å². The SMILES string of the molecule is Cc1ccc(C)c(C(=O)N(Cc2ccsc2)Cc2ccccn2)c1. The molecule has 122 valence electrons. The van der Waals surface area contributed by atoms with Gasteiger partial charge in [-0.1, -0.05) is 23.8 Å². The van der Waals surface area contributed by atoms with Gasteiger partial charge < -0.3 is 4.90 Å². The average Bonchev–Trinajstić information content (AvgIpc) is 3.10. The Morgan fingerprint density at radius 1 is 1.12 bits per heavy atom. The fourth-order valence-electron chi connectivity index (χ4n) is 2.63. The van der Waals surface area contributed by atoms with Crippen LogP contribution >= 0.6 is 11.3 Å². The van der Waals surface area contributed by atoms with E-state index in [1.165, 1.54) is 0 Å². The number of aromatic nitrogens is 1. The highest BCUT2D eigenvalue weighted by atomic mass is 32.1. The van der Waals surface area contributed by atoms with Gasteiger partial charge in [0.05, 0.1) is 12.2 Å². The maximum atomic E-state index is 13.2. The summed E-state index contributed by atoms with van der Waals surface area (Å²) in [6.07, 6.45) is 1.76. The summed E-state index contributed by atoms with van der Waals surface area (Å²) in [5.41, 5.74) is 4.90. The zero-order valence-electron chi connectivity index (χ0n) is 13.9. The lowest BCUT2D eigenvalue weighted by Gasteiger charge is -2.23. The first-order chi connectivity index (χ1) is 11.6. The van der Waals surface area contributed by atoms with Crippen LogP contribution in [0.5, 0.6) is 0 Å². The average molecular weight is 336 g/mol. The van der Waals surface area contributed by atoms with Gasteiger partial charge in [0.2, 0.25) is 0 Å². The van der Waals surface area contributed by atoms with E-state index in [0.29, 0.717) is 13.1 Å². The first kappa shape index (κ1) is 16.4. The summed E-state index contributed by atoms with van der Waals surface area (Å²) >= 11 is 1.65. The van der Waals surface area contributed by atoms with Gasteiger partial charge in [0.15, 0.2) is 0 Å². The first-order valence-electron chi connectivity index (χ1n) is 7.91. The first-order valence-corrected chi connectivity index (χ1v) is 8.85. The zero-order valence-corrected chi connectivity index (χ0v) is 14.7. The quantitative estimate of drug-likeness (QED) is 0.682. The summed E-state index contributed by atoms with van der Waals surface area (Å²) in [5, 5.41) is 4.12. The van der Waals surface area contributed by atoms with Gasteiger partial charge in [-0.15, -0.1) is 0 Å². The fraction of sp³-hybridized carbons (Fsp3) is 0.200. The van der Waals surface area contributed by atoms with E-state index in [4.69, 9.17) is 0 Å². The molecule has 0 aliphatic rings. The number of carbonyl (C=O) groups is 1. The van der Waals surface area contributed by atoms with E-state index >= 15 is 0 Å². The molecule has 0 radical (unpaired) electrons. The molecule has 0 N–H and O–H groups in total. The van der Waals surface area contributed by atoms with Crippen LogP contribution < -0.4 is 0 Å². The molecule has 0 atom stereocenters. The van der Waals surface area contributed by atoms with Crippen molar-refractivity contribution in [3.63, 3.8) is 0 Å². The Balaban J connectivity index is 1.90. The second kappa shape index (κ2) is 7.41. The van der Waals surface area contributed by atoms with Gasteiger partial charge in [-0.25, -0.2) is 0 Å². The maximum Gasteiger partial charge on any atom is 0.254 e. The molecule has 0 unspecified atom stereocenters. The molecule has 3 nitrogen and oxygen atoms in total. The number of benzene rings is 1. The van der Waals surface area contributed by atoms with Crippen LogP contribution in [0.15, 0.2) is 59.4 Å². The molecule has 24 heavy (non-hydrogen) atoms. The van der Waals surface area contributed by atoms with Gasteiger partial charge in [0.25, 0.3) is 5.91 Å². The van der Waals surface area contributed by atoms with E-state index in [9.17, 15) is 4.79 Å². The Bertz CT molecular complexity index is 813. The lowest BCUT2D eigenvalue weighted by atomic mass is 10.0. The zero-order chi connectivity index (χ0) is 16.9. The van der Waals surface area contributed by atoms with Crippen molar-refractivity contribution in [3.8, 4) is 0 Å². The maximum absolute atomic E-state index is 13.2. The number of nitrogens with zero attached hydrogens (tertiary/aromatic N) is 2. The molecule has 1 amide bonds. The number of carbonyl (C=O) groups excluding carboxylic acids is 1. The van der Waals surface area contributed by atoms with Crippen molar-refractivity contribution in [2.24, 2.45) is 0 Å². The van der Waals surface area contributed by atoms with Crippen molar-refractivity contribution < 1.29 is 4.79 Å². The van der Waals surface area contributed by atoms with Crippen molar-refractivity contribution >= 4 is 17.2 Å². The second-order valence-corrected chi connectivity index (χ2v) is 6.71. The topological polar surface area (TPSA) is 33.2 Å². The minimum atomic E-state index is 0.0491. The largest absolute Gasteiger partial charge is 0.328 e. The minimum absolute atomic E-state index is 0.0491. The van der Waals surface area contributed by atoms with Crippen LogP contribution in [-0.4, -0.2) is 15.8 Å². The van der Waals surface area contributed by atoms with Crippen LogP contribution in [0.1, 0.15) is 32.7 Å². The Morgan fingerprint density at radius 2 is 2.00 bits per heavy atom. The van der Waals surface area contributed by atoms with Crippen LogP contribution in [0, 0.1) is 13.8 Å². The van der Waals surface area contributed by atoms with E-state index in [2.05, 4.69) is 16.4 Å². The lowest BCUT2D eigenvalue weighted by Crippen LogP contribution is -2.31. The third-order valence-electron chi connectivity index (χ3n) is 3.94. The molecule has 2 aromatic heterocycles. The van der Waals surface area contributed by atoms with E-state index in [0.717, 1.165) is 27.9 Å². The van der Waals surface area contributed by atoms with Crippen LogP contribution in [0.25, 0.3) is 0 Å². The second-order valence-electron chi connectivity index (χ2n) is 5.93.